The normalized spacial score (nSPS) is 10.4. The second-order valence-corrected chi connectivity index (χ2v) is 7.14. The summed E-state index contributed by atoms with van der Waals surface area (Å²) in [5, 5.41) is 6.10. The molecule has 0 aromatic heterocycles. The summed E-state index contributed by atoms with van der Waals surface area (Å²) in [6.07, 6.45) is 0. The fourth-order valence-electron chi connectivity index (χ4n) is 3.33. The minimum Gasteiger partial charge on any atom is -0.488 e. The van der Waals surface area contributed by atoms with Gasteiger partial charge in [0, 0.05) is 24.5 Å². The average Bonchev–Trinajstić information content (AvgIpc) is 2.84. The van der Waals surface area contributed by atoms with E-state index in [1.165, 1.54) is 0 Å². The number of carbonyl (C=O) groups excluding carboxylic acids is 1. The lowest BCUT2D eigenvalue weighted by Gasteiger charge is -2.14. The maximum Gasteiger partial charge on any atom is 0.259 e. The molecule has 0 bridgehead atoms. The van der Waals surface area contributed by atoms with E-state index in [4.69, 9.17) is 4.74 Å². The van der Waals surface area contributed by atoms with Crippen LogP contribution in [0.2, 0.25) is 0 Å². The van der Waals surface area contributed by atoms with Crippen molar-refractivity contribution in [1.82, 2.24) is 0 Å². The summed E-state index contributed by atoms with van der Waals surface area (Å²) in [6, 6.07) is 33.3. The lowest BCUT2D eigenvalue weighted by Crippen LogP contribution is -2.14. The van der Waals surface area contributed by atoms with E-state index in [2.05, 4.69) is 10.6 Å². The van der Waals surface area contributed by atoms with Crippen LogP contribution in [0.1, 0.15) is 15.9 Å². The molecule has 4 aromatic rings. The number of amides is 1. The third kappa shape index (κ3) is 5.11. The fraction of sp³-hybridized carbons (Fsp3) is 0.0741. The molecule has 0 aliphatic rings. The number of hydrogen-bond donors (Lipinski definition) is 2. The van der Waals surface area contributed by atoms with Crippen LogP contribution in [-0.4, -0.2) is 13.0 Å². The zero-order valence-electron chi connectivity index (χ0n) is 17.3. The predicted molar refractivity (Wildman–Crippen MR) is 127 cm³/mol. The predicted octanol–water partition coefficient (Wildman–Crippen LogP) is 6.23. The fourth-order valence-corrected chi connectivity index (χ4v) is 3.33. The van der Waals surface area contributed by atoms with E-state index in [-0.39, 0.29) is 5.91 Å². The summed E-state index contributed by atoms with van der Waals surface area (Å²) in [4.78, 5) is 13.1. The minimum absolute atomic E-state index is 0.212. The molecule has 4 heteroatoms. The van der Waals surface area contributed by atoms with Crippen molar-refractivity contribution < 1.29 is 9.53 Å². The minimum atomic E-state index is -0.212. The molecule has 4 rings (SSSR count). The molecule has 0 atom stereocenters. The number of rotatable bonds is 7. The van der Waals surface area contributed by atoms with Gasteiger partial charge in [0.15, 0.2) is 0 Å². The van der Waals surface area contributed by atoms with E-state index >= 15 is 0 Å². The Morgan fingerprint density at radius 2 is 1.45 bits per heavy atom. The Kier molecular flexibility index (Phi) is 6.29. The lowest BCUT2D eigenvalue weighted by molar-refractivity contribution is 0.102. The SMILES string of the molecule is CNc1ccc(C(=O)Nc2cccc(-c3ccccc3)c2)c(OCc2ccccc2)c1. The Morgan fingerprint density at radius 3 is 2.19 bits per heavy atom. The van der Waals surface area contributed by atoms with Gasteiger partial charge in [-0.25, -0.2) is 0 Å². The molecule has 0 spiro atoms. The second kappa shape index (κ2) is 9.63. The van der Waals surface area contributed by atoms with Crippen LogP contribution in [0, 0.1) is 0 Å². The second-order valence-electron chi connectivity index (χ2n) is 7.14. The van der Waals surface area contributed by atoms with E-state index in [1.54, 1.807) is 6.07 Å². The number of nitrogens with one attached hydrogen (secondary N) is 2. The molecule has 4 nitrogen and oxygen atoms in total. The van der Waals surface area contributed by atoms with Crippen LogP contribution < -0.4 is 15.4 Å². The van der Waals surface area contributed by atoms with E-state index in [0.717, 1.165) is 28.1 Å². The van der Waals surface area contributed by atoms with Crippen molar-refractivity contribution in [3.8, 4) is 16.9 Å². The van der Waals surface area contributed by atoms with Gasteiger partial charge in [-0.05, 0) is 41.0 Å². The molecule has 31 heavy (non-hydrogen) atoms. The van der Waals surface area contributed by atoms with Gasteiger partial charge in [-0.1, -0.05) is 72.8 Å². The van der Waals surface area contributed by atoms with Crippen LogP contribution in [0.5, 0.6) is 5.75 Å². The number of benzene rings is 4. The highest BCUT2D eigenvalue weighted by Gasteiger charge is 2.14. The first-order valence-corrected chi connectivity index (χ1v) is 10.2. The van der Waals surface area contributed by atoms with Gasteiger partial charge in [-0.3, -0.25) is 4.79 Å². The number of hydrogen-bond acceptors (Lipinski definition) is 3. The van der Waals surface area contributed by atoms with Gasteiger partial charge in [0.2, 0.25) is 0 Å². The third-order valence-corrected chi connectivity index (χ3v) is 4.98. The average molecular weight is 409 g/mol. The molecule has 0 saturated carbocycles. The van der Waals surface area contributed by atoms with Crippen molar-refractivity contribution in [2.75, 3.05) is 17.7 Å². The van der Waals surface area contributed by atoms with Crippen LogP contribution in [0.3, 0.4) is 0 Å². The van der Waals surface area contributed by atoms with Gasteiger partial charge in [-0.15, -0.1) is 0 Å². The van der Waals surface area contributed by atoms with Crippen LogP contribution in [0.4, 0.5) is 11.4 Å². The highest BCUT2D eigenvalue weighted by molar-refractivity contribution is 6.06. The van der Waals surface area contributed by atoms with Crippen molar-refractivity contribution in [2.45, 2.75) is 6.61 Å². The zero-order valence-corrected chi connectivity index (χ0v) is 17.3. The molecule has 0 saturated heterocycles. The van der Waals surface area contributed by atoms with Crippen molar-refractivity contribution in [2.24, 2.45) is 0 Å². The molecular weight excluding hydrogens is 384 g/mol. The van der Waals surface area contributed by atoms with E-state index in [9.17, 15) is 4.79 Å². The Hall–Kier alpha value is -4.05. The molecule has 0 aliphatic carbocycles. The highest BCUT2D eigenvalue weighted by Crippen LogP contribution is 2.27. The quantitative estimate of drug-likeness (QED) is 0.381. The highest BCUT2D eigenvalue weighted by atomic mass is 16.5. The number of carbonyl (C=O) groups is 1. The topological polar surface area (TPSA) is 50.4 Å². The first-order valence-electron chi connectivity index (χ1n) is 10.2. The van der Waals surface area contributed by atoms with Crippen LogP contribution >= 0.6 is 0 Å². The summed E-state index contributed by atoms with van der Waals surface area (Å²) in [5.74, 6) is 0.323. The summed E-state index contributed by atoms with van der Waals surface area (Å²) in [6.45, 7) is 0.387. The van der Waals surface area contributed by atoms with Gasteiger partial charge >= 0.3 is 0 Å². The van der Waals surface area contributed by atoms with E-state index < -0.39 is 0 Å². The summed E-state index contributed by atoms with van der Waals surface area (Å²) < 4.78 is 6.02. The summed E-state index contributed by atoms with van der Waals surface area (Å²) in [7, 11) is 1.84. The standard InChI is InChI=1S/C27H24N2O2/c1-28-23-15-16-25(26(18-23)31-19-20-9-4-2-5-10-20)27(30)29-24-14-8-13-22(17-24)21-11-6-3-7-12-21/h2-18,28H,19H2,1H3,(H,29,30). The van der Waals surface area contributed by atoms with Gasteiger partial charge in [0.1, 0.15) is 12.4 Å². The first kappa shape index (κ1) is 20.2. The Morgan fingerprint density at radius 1 is 0.742 bits per heavy atom. The molecule has 154 valence electrons. The zero-order chi connectivity index (χ0) is 21.5. The molecule has 0 aliphatic heterocycles. The third-order valence-electron chi connectivity index (χ3n) is 4.98. The monoisotopic (exact) mass is 408 g/mol. The van der Waals surface area contributed by atoms with Gasteiger partial charge in [0.25, 0.3) is 5.91 Å². The molecule has 0 radical (unpaired) electrons. The number of anilines is 2. The van der Waals surface area contributed by atoms with Crippen molar-refractivity contribution in [3.63, 3.8) is 0 Å². The van der Waals surface area contributed by atoms with E-state index in [0.29, 0.717) is 17.9 Å². The molecule has 1 amide bonds. The van der Waals surface area contributed by atoms with Crippen molar-refractivity contribution in [3.05, 3.63) is 114 Å². The largest absolute Gasteiger partial charge is 0.488 e. The molecule has 4 aromatic carbocycles. The number of ether oxygens (including phenoxy) is 1. The van der Waals surface area contributed by atoms with E-state index in [1.807, 2.05) is 104 Å². The van der Waals surface area contributed by atoms with Gasteiger partial charge < -0.3 is 15.4 Å². The van der Waals surface area contributed by atoms with Gasteiger partial charge in [0.05, 0.1) is 5.56 Å². The summed E-state index contributed by atoms with van der Waals surface area (Å²) >= 11 is 0. The Balaban J connectivity index is 1.55. The smallest absolute Gasteiger partial charge is 0.259 e. The Bertz CT molecular complexity index is 1160. The first-order chi connectivity index (χ1) is 15.2. The van der Waals surface area contributed by atoms with Gasteiger partial charge in [-0.2, -0.15) is 0 Å². The Labute approximate surface area is 182 Å². The maximum atomic E-state index is 13.1. The molecule has 2 N–H and O–H groups in total. The molecule has 0 unspecified atom stereocenters. The van der Waals surface area contributed by atoms with Crippen molar-refractivity contribution >= 4 is 17.3 Å². The lowest BCUT2D eigenvalue weighted by atomic mass is 10.1. The van der Waals surface area contributed by atoms with Crippen LogP contribution in [-0.2, 0) is 6.61 Å². The molecule has 0 fully saturated rings. The maximum absolute atomic E-state index is 13.1. The summed E-state index contributed by atoms with van der Waals surface area (Å²) in [5.41, 5.74) is 5.29. The van der Waals surface area contributed by atoms with Crippen molar-refractivity contribution in [1.29, 1.82) is 0 Å². The molecule has 0 heterocycles. The molecular formula is C27H24N2O2. The van der Waals surface area contributed by atoms with Crippen LogP contribution in [0.25, 0.3) is 11.1 Å². The van der Waals surface area contributed by atoms with Crippen LogP contribution in [0.15, 0.2) is 103 Å².